The van der Waals surface area contributed by atoms with Crippen molar-refractivity contribution in [1.82, 2.24) is 24.7 Å². The van der Waals surface area contributed by atoms with Gasteiger partial charge in [-0.3, -0.25) is 19.9 Å². The summed E-state index contributed by atoms with van der Waals surface area (Å²) in [6.45, 7) is 12.5. The van der Waals surface area contributed by atoms with Gasteiger partial charge in [-0.15, -0.1) is 0 Å². The van der Waals surface area contributed by atoms with E-state index < -0.39 is 0 Å². The van der Waals surface area contributed by atoms with E-state index in [2.05, 4.69) is 53.1 Å². The summed E-state index contributed by atoms with van der Waals surface area (Å²) in [5, 5.41) is 6.76. The zero-order valence-electron chi connectivity index (χ0n) is 17.5. The smallest absolute Gasteiger partial charge is 0.300 e. The summed E-state index contributed by atoms with van der Waals surface area (Å²) in [5.74, 6) is 0.465. The van der Waals surface area contributed by atoms with Crippen molar-refractivity contribution in [2.75, 3.05) is 37.6 Å². The van der Waals surface area contributed by atoms with Gasteiger partial charge >= 0.3 is 6.03 Å². The molecule has 4 heterocycles. The van der Waals surface area contributed by atoms with Crippen LogP contribution in [0.2, 0.25) is 0 Å². The molecule has 8 nitrogen and oxygen atoms in total. The van der Waals surface area contributed by atoms with Crippen molar-refractivity contribution in [1.29, 1.82) is 0 Å². The van der Waals surface area contributed by atoms with Crippen molar-refractivity contribution in [2.24, 2.45) is 5.92 Å². The lowest BCUT2D eigenvalue weighted by molar-refractivity contribution is -0.120. The molecule has 8 heteroatoms. The standard InChI is InChI=1S/C21H30N6O2/c1-15(2)12-24-8-9-25(16(3)13-24)14-17-4-7-27-18(10-17)19(11-22-27)26-6-5-20(28)23-21(26)29/h4,7,10-11,15-16H,5-6,8-9,12-14H2,1-3H3,(H,23,28,29)/t16-/m1/s1. The molecular formula is C21H30N6O2. The first-order chi connectivity index (χ1) is 13.9. The minimum atomic E-state index is -0.378. The Morgan fingerprint density at radius 1 is 1.24 bits per heavy atom. The number of nitrogens with one attached hydrogen (secondary N) is 1. The average Bonchev–Trinajstić information content (AvgIpc) is 3.07. The Labute approximate surface area is 171 Å². The van der Waals surface area contributed by atoms with Crippen molar-refractivity contribution >= 4 is 23.1 Å². The van der Waals surface area contributed by atoms with Gasteiger partial charge in [-0.2, -0.15) is 5.10 Å². The van der Waals surface area contributed by atoms with Gasteiger partial charge in [-0.1, -0.05) is 13.8 Å². The maximum absolute atomic E-state index is 12.2. The van der Waals surface area contributed by atoms with Crippen LogP contribution in [0.1, 0.15) is 32.8 Å². The van der Waals surface area contributed by atoms with Gasteiger partial charge in [0.05, 0.1) is 17.4 Å². The number of nitrogens with zero attached hydrogens (tertiary/aromatic N) is 5. The van der Waals surface area contributed by atoms with Crippen LogP contribution in [-0.4, -0.2) is 70.1 Å². The fourth-order valence-corrected chi connectivity index (χ4v) is 4.33. The van der Waals surface area contributed by atoms with Crippen LogP contribution in [0.5, 0.6) is 0 Å². The van der Waals surface area contributed by atoms with Crippen molar-refractivity contribution in [3.63, 3.8) is 0 Å². The fourth-order valence-electron chi connectivity index (χ4n) is 4.33. The second-order valence-electron chi connectivity index (χ2n) is 8.62. The van der Waals surface area contributed by atoms with Gasteiger partial charge in [0.1, 0.15) is 0 Å². The Kier molecular flexibility index (Phi) is 5.56. The number of pyridine rings is 1. The quantitative estimate of drug-likeness (QED) is 0.833. The van der Waals surface area contributed by atoms with Crippen LogP contribution >= 0.6 is 0 Å². The van der Waals surface area contributed by atoms with E-state index in [4.69, 9.17) is 0 Å². The number of amides is 3. The van der Waals surface area contributed by atoms with Gasteiger partial charge in [0, 0.05) is 57.9 Å². The van der Waals surface area contributed by atoms with Crippen molar-refractivity contribution < 1.29 is 9.59 Å². The molecule has 0 spiro atoms. The van der Waals surface area contributed by atoms with E-state index in [1.807, 2.05) is 6.20 Å². The molecule has 1 N–H and O–H groups in total. The van der Waals surface area contributed by atoms with Crippen LogP contribution in [0.4, 0.5) is 10.5 Å². The molecule has 156 valence electrons. The highest BCUT2D eigenvalue weighted by atomic mass is 16.2. The molecular weight excluding hydrogens is 368 g/mol. The number of carbonyl (C=O) groups is 2. The van der Waals surface area contributed by atoms with Crippen molar-refractivity contribution in [2.45, 2.75) is 39.8 Å². The summed E-state index contributed by atoms with van der Waals surface area (Å²) in [4.78, 5) is 30.4. The summed E-state index contributed by atoms with van der Waals surface area (Å²) >= 11 is 0. The highest BCUT2D eigenvalue weighted by Crippen LogP contribution is 2.25. The van der Waals surface area contributed by atoms with E-state index >= 15 is 0 Å². The molecule has 2 saturated heterocycles. The predicted molar refractivity (Wildman–Crippen MR) is 112 cm³/mol. The fraction of sp³-hybridized carbons (Fsp3) is 0.571. The van der Waals surface area contributed by atoms with Crippen LogP contribution in [0, 0.1) is 5.92 Å². The molecule has 2 aromatic rings. The number of carbonyl (C=O) groups excluding carboxylic acids is 2. The van der Waals surface area contributed by atoms with E-state index in [-0.39, 0.29) is 11.9 Å². The number of hydrogen-bond acceptors (Lipinski definition) is 5. The molecule has 1 atom stereocenters. The lowest BCUT2D eigenvalue weighted by Gasteiger charge is -2.40. The second kappa shape index (κ2) is 8.12. The van der Waals surface area contributed by atoms with Gasteiger partial charge < -0.3 is 4.90 Å². The van der Waals surface area contributed by atoms with E-state index in [1.54, 1.807) is 15.6 Å². The Balaban J connectivity index is 1.49. The Morgan fingerprint density at radius 3 is 2.79 bits per heavy atom. The Morgan fingerprint density at radius 2 is 2.07 bits per heavy atom. The Bertz CT molecular complexity index is 908. The third-order valence-electron chi connectivity index (χ3n) is 5.77. The summed E-state index contributed by atoms with van der Waals surface area (Å²) in [6.07, 6.45) is 3.95. The van der Waals surface area contributed by atoms with Crippen LogP contribution < -0.4 is 10.2 Å². The summed E-state index contributed by atoms with van der Waals surface area (Å²) in [5.41, 5.74) is 2.83. The van der Waals surface area contributed by atoms with Gasteiger partial charge in [-0.05, 0) is 30.5 Å². The third-order valence-corrected chi connectivity index (χ3v) is 5.77. The molecule has 29 heavy (non-hydrogen) atoms. The molecule has 4 rings (SSSR count). The monoisotopic (exact) mass is 398 g/mol. The predicted octanol–water partition coefficient (Wildman–Crippen LogP) is 1.94. The zero-order chi connectivity index (χ0) is 20.5. The molecule has 0 saturated carbocycles. The van der Waals surface area contributed by atoms with E-state index in [9.17, 15) is 9.59 Å². The molecule has 2 aliphatic rings. The zero-order valence-corrected chi connectivity index (χ0v) is 17.5. The highest BCUT2D eigenvalue weighted by Gasteiger charge is 2.27. The molecule has 0 aromatic carbocycles. The molecule has 2 aromatic heterocycles. The summed E-state index contributed by atoms with van der Waals surface area (Å²) in [6, 6.07) is 4.33. The van der Waals surface area contributed by atoms with Gasteiger partial charge in [-0.25, -0.2) is 9.31 Å². The molecule has 2 fully saturated rings. The maximum Gasteiger partial charge on any atom is 0.328 e. The minimum absolute atomic E-state index is 0.228. The summed E-state index contributed by atoms with van der Waals surface area (Å²) < 4.78 is 1.78. The number of fused-ring (bicyclic) bond motifs is 1. The van der Waals surface area contributed by atoms with Gasteiger partial charge in [0.2, 0.25) is 5.91 Å². The third kappa shape index (κ3) is 4.28. The van der Waals surface area contributed by atoms with Gasteiger partial charge in [0.15, 0.2) is 0 Å². The normalized spacial score (nSPS) is 21.9. The topological polar surface area (TPSA) is 73.2 Å². The lowest BCUT2D eigenvalue weighted by Crippen LogP contribution is -2.52. The first kappa shape index (κ1) is 19.8. The summed E-state index contributed by atoms with van der Waals surface area (Å²) in [7, 11) is 0. The first-order valence-electron chi connectivity index (χ1n) is 10.4. The molecule has 0 radical (unpaired) electrons. The lowest BCUT2D eigenvalue weighted by atomic mass is 10.1. The molecule has 0 unspecified atom stereocenters. The number of hydrogen-bond donors (Lipinski definition) is 1. The Hall–Kier alpha value is -2.45. The SMILES string of the molecule is CC(C)CN1CCN(Cc2ccn3ncc(N4CCC(=O)NC4=O)c3c2)[C@H](C)C1. The van der Waals surface area contributed by atoms with Crippen LogP contribution in [0.25, 0.3) is 5.52 Å². The number of imide groups is 1. The first-order valence-corrected chi connectivity index (χ1v) is 10.4. The minimum Gasteiger partial charge on any atom is -0.300 e. The maximum atomic E-state index is 12.2. The molecule has 0 aliphatic carbocycles. The number of piperazine rings is 1. The second-order valence-corrected chi connectivity index (χ2v) is 8.62. The van der Waals surface area contributed by atoms with E-state index in [0.717, 1.165) is 43.9 Å². The molecule has 2 aliphatic heterocycles. The molecule has 0 bridgehead atoms. The number of rotatable bonds is 5. The number of aromatic nitrogens is 2. The number of anilines is 1. The van der Waals surface area contributed by atoms with Crippen LogP contribution in [0.15, 0.2) is 24.5 Å². The van der Waals surface area contributed by atoms with Crippen LogP contribution in [0.3, 0.4) is 0 Å². The van der Waals surface area contributed by atoms with Crippen molar-refractivity contribution in [3.8, 4) is 0 Å². The molecule has 3 amide bonds. The van der Waals surface area contributed by atoms with Crippen molar-refractivity contribution in [3.05, 3.63) is 30.1 Å². The number of urea groups is 1. The van der Waals surface area contributed by atoms with Gasteiger partial charge in [0.25, 0.3) is 0 Å². The van der Waals surface area contributed by atoms with E-state index in [0.29, 0.717) is 24.9 Å². The highest BCUT2D eigenvalue weighted by molar-refractivity contribution is 6.07. The van der Waals surface area contributed by atoms with Crippen LogP contribution in [-0.2, 0) is 11.3 Å². The average molecular weight is 399 g/mol. The largest absolute Gasteiger partial charge is 0.328 e. The van der Waals surface area contributed by atoms with E-state index in [1.165, 1.54) is 5.56 Å².